The van der Waals surface area contributed by atoms with E-state index in [-0.39, 0.29) is 11.9 Å². The molecule has 1 aliphatic heterocycles. The van der Waals surface area contributed by atoms with Gasteiger partial charge in [-0.3, -0.25) is 14.6 Å². The van der Waals surface area contributed by atoms with Crippen molar-refractivity contribution < 1.29 is 9.13 Å². The van der Waals surface area contributed by atoms with E-state index in [4.69, 9.17) is 4.74 Å². The number of likely N-dealkylation sites (tertiary alicyclic amines) is 1. The predicted molar refractivity (Wildman–Crippen MR) is 94.1 cm³/mol. The van der Waals surface area contributed by atoms with E-state index in [0.29, 0.717) is 11.6 Å². The van der Waals surface area contributed by atoms with E-state index in [1.807, 2.05) is 24.1 Å². The molecule has 1 fully saturated rings. The third kappa shape index (κ3) is 3.72. The molecule has 0 unspecified atom stereocenters. The van der Waals surface area contributed by atoms with Crippen LogP contribution in [0.1, 0.15) is 30.1 Å². The smallest absolute Gasteiger partial charge is 0.238 e. The zero-order valence-corrected chi connectivity index (χ0v) is 14.5. The van der Waals surface area contributed by atoms with Crippen LogP contribution >= 0.6 is 0 Å². The Labute approximate surface area is 151 Å². The summed E-state index contributed by atoms with van der Waals surface area (Å²) in [6.07, 6.45) is 9.46. The van der Waals surface area contributed by atoms with Gasteiger partial charge in [-0.25, -0.2) is 9.37 Å². The van der Waals surface area contributed by atoms with Crippen molar-refractivity contribution in [2.24, 2.45) is 7.05 Å². The molecule has 0 radical (unpaired) electrons. The van der Waals surface area contributed by atoms with E-state index in [1.54, 1.807) is 24.5 Å². The molecule has 0 spiro atoms. The Hall–Kier alpha value is -2.80. The first kappa shape index (κ1) is 16.7. The number of aryl methyl sites for hydroxylation is 1. The van der Waals surface area contributed by atoms with E-state index in [9.17, 15) is 4.39 Å². The first-order valence-electron chi connectivity index (χ1n) is 8.64. The van der Waals surface area contributed by atoms with Crippen LogP contribution in [0.5, 0.6) is 11.6 Å². The normalized spacial score (nSPS) is 17.5. The maximum atomic E-state index is 13.0. The summed E-state index contributed by atoms with van der Waals surface area (Å²) in [5.41, 5.74) is 2.08. The zero-order valence-electron chi connectivity index (χ0n) is 14.5. The minimum atomic E-state index is -0.297. The second-order valence-corrected chi connectivity index (χ2v) is 6.49. The Morgan fingerprint density at radius 2 is 2.04 bits per heavy atom. The molecule has 6 nitrogen and oxygen atoms in total. The number of hydrogen-bond donors (Lipinski definition) is 0. The van der Waals surface area contributed by atoms with E-state index in [2.05, 4.69) is 20.0 Å². The van der Waals surface area contributed by atoms with Crippen LogP contribution in [0, 0.1) is 5.82 Å². The lowest BCUT2D eigenvalue weighted by molar-refractivity contribution is 0.242. The number of halogens is 1. The second kappa shape index (κ2) is 7.21. The predicted octanol–water partition coefficient (Wildman–Crippen LogP) is 3.48. The van der Waals surface area contributed by atoms with Crippen molar-refractivity contribution >= 4 is 0 Å². The molecule has 1 atom stereocenters. The molecule has 4 rings (SSSR count). The summed E-state index contributed by atoms with van der Waals surface area (Å²) in [5.74, 6) is 0.660. The maximum Gasteiger partial charge on any atom is 0.238 e. The highest BCUT2D eigenvalue weighted by molar-refractivity contribution is 5.27. The lowest BCUT2D eigenvalue weighted by Gasteiger charge is -2.23. The van der Waals surface area contributed by atoms with Gasteiger partial charge >= 0.3 is 0 Å². The Morgan fingerprint density at radius 1 is 1.19 bits per heavy atom. The fraction of sp³-hybridized carbons (Fsp3) is 0.316. The van der Waals surface area contributed by atoms with Crippen molar-refractivity contribution in [3.8, 4) is 11.6 Å². The molecular formula is C19H20FN5O. The number of ether oxygens (including phenoxy) is 1. The number of aromatic nitrogens is 4. The van der Waals surface area contributed by atoms with E-state index >= 15 is 0 Å². The third-order valence-corrected chi connectivity index (χ3v) is 4.52. The summed E-state index contributed by atoms with van der Waals surface area (Å²) < 4.78 is 20.6. The fourth-order valence-corrected chi connectivity index (χ4v) is 3.33. The van der Waals surface area contributed by atoms with Crippen molar-refractivity contribution in [2.45, 2.75) is 25.4 Å². The number of benzene rings is 1. The average molecular weight is 353 g/mol. The van der Waals surface area contributed by atoms with Crippen molar-refractivity contribution in [2.75, 3.05) is 6.54 Å². The SMILES string of the molecule is Cn1cc(CN2CCC[C@@H]2c2cncc(Oc3ccc(F)cc3)n2)cn1. The average Bonchev–Trinajstić information content (AvgIpc) is 3.26. The van der Waals surface area contributed by atoms with E-state index in [0.717, 1.165) is 31.6 Å². The van der Waals surface area contributed by atoms with Gasteiger partial charge in [0.05, 0.1) is 30.3 Å². The van der Waals surface area contributed by atoms with Crippen LogP contribution < -0.4 is 4.74 Å². The lowest BCUT2D eigenvalue weighted by atomic mass is 10.1. The molecule has 134 valence electrons. The van der Waals surface area contributed by atoms with Crippen LogP contribution in [0.15, 0.2) is 49.1 Å². The van der Waals surface area contributed by atoms with Gasteiger partial charge in [0.25, 0.3) is 0 Å². The quantitative estimate of drug-likeness (QED) is 0.703. The van der Waals surface area contributed by atoms with Crippen LogP contribution in [0.2, 0.25) is 0 Å². The summed E-state index contributed by atoms with van der Waals surface area (Å²) in [6.45, 7) is 1.85. The van der Waals surface area contributed by atoms with Gasteiger partial charge < -0.3 is 4.74 Å². The molecule has 0 N–H and O–H groups in total. The highest BCUT2D eigenvalue weighted by atomic mass is 19.1. The summed E-state index contributed by atoms with van der Waals surface area (Å²) >= 11 is 0. The minimum absolute atomic E-state index is 0.208. The highest BCUT2D eigenvalue weighted by Crippen LogP contribution is 2.32. The van der Waals surface area contributed by atoms with Gasteiger partial charge in [0.15, 0.2) is 0 Å². The third-order valence-electron chi connectivity index (χ3n) is 4.52. The number of rotatable bonds is 5. The molecule has 1 saturated heterocycles. The van der Waals surface area contributed by atoms with Crippen molar-refractivity contribution in [1.29, 1.82) is 0 Å². The van der Waals surface area contributed by atoms with Crippen molar-refractivity contribution in [3.63, 3.8) is 0 Å². The molecular weight excluding hydrogens is 333 g/mol. The number of nitrogens with zero attached hydrogens (tertiary/aromatic N) is 5. The molecule has 0 saturated carbocycles. The van der Waals surface area contributed by atoms with Gasteiger partial charge in [-0.05, 0) is 43.7 Å². The summed E-state index contributed by atoms with van der Waals surface area (Å²) in [5, 5.41) is 4.24. The molecule has 1 aliphatic rings. The Bertz CT molecular complexity index is 880. The molecule has 7 heteroatoms. The monoisotopic (exact) mass is 353 g/mol. The minimum Gasteiger partial charge on any atom is -0.437 e. The van der Waals surface area contributed by atoms with Crippen molar-refractivity contribution in [1.82, 2.24) is 24.6 Å². The molecule has 26 heavy (non-hydrogen) atoms. The lowest BCUT2D eigenvalue weighted by Crippen LogP contribution is -2.23. The summed E-state index contributed by atoms with van der Waals surface area (Å²) in [6, 6.07) is 6.08. The molecule has 0 bridgehead atoms. The van der Waals surface area contributed by atoms with Crippen LogP contribution in [-0.4, -0.2) is 31.2 Å². The molecule has 1 aromatic carbocycles. The maximum absolute atomic E-state index is 13.0. The van der Waals surface area contributed by atoms with Gasteiger partial charge in [-0.2, -0.15) is 5.10 Å². The molecule has 0 amide bonds. The molecule has 3 aromatic rings. The Kier molecular flexibility index (Phi) is 4.62. The first-order chi connectivity index (χ1) is 12.7. The molecule has 2 aromatic heterocycles. The standard InChI is InChI=1S/C19H20FN5O/c1-24-12-14(9-22-24)13-25-8-2-3-18(25)17-10-21-11-19(23-17)26-16-6-4-15(20)5-7-16/h4-7,9-12,18H,2-3,8,13H2,1H3/t18-/m1/s1. The molecule has 0 aliphatic carbocycles. The fourth-order valence-electron chi connectivity index (χ4n) is 3.33. The van der Waals surface area contributed by atoms with E-state index in [1.165, 1.54) is 17.7 Å². The number of hydrogen-bond acceptors (Lipinski definition) is 5. The van der Waals surface area contributed by atoms with Gasteiger partial charge in [0.1, 0.15) is 11.6 Å². The van der Waals surface area contributed by atoms with Gasteiger partial charge in [-0.1, -0.05) is 0 Å². The van der Waals surface area contributed by atoms with Crippen LogP contribution in [-0.2, 0) is 13.6 Å². The largest absolute Gasteiger partial charge is 0.437 e. The van der Waals surface area contributed by atoms with Crippen molar-refractivity contribution in [3.05, 3.63) is 66.1 Å². The zero-order chi connectivity index (χ0) is 17.9. The first-order valence-corrected chi connectivity index (χ1v) is 8.64. The Balaban J connectivity index is 1.50. The van der Waals surface area contributed by atoms with Gasteiger partial charge in [0.2, 0.25) is 5.88 Å². The second-order valence-electron chi connectivity index (χ2n) is 6.49. The topological polar surface area (TPSA) is 56.1 Å². The highest BCUT2D eigenvalue weighted by Gasteiger charge is 2.28. The van der Waals surface area contributed by atoms with E-state index < -0.39 is 0 Å². The summed E-state index contributed by atoms with van der Waals surface area (Å²) in [4.78, 5) is 11.3. The van der Waals surface area contributed by atoms with Gasteiger partial charge in [0, 0.05) is 25.4 Å². The van der Waals surface area contributed by atoms with Gasteiger partial charge in [-0.15, -0.1) is 0 Å². The van der Waals surface area contributed by atoms with Crippen LogP contribution in [0.4, 0.5) is 4.39 Å². The van der Waals surface area contributed by atoms with Crippen LogP contribution in [0.25, 0.3) is 0 Å². The van der Waals surface area contributed by atoms with Crippen LogP contribution in [0.3, 0.4) is 0 Å². The Morgan fingerprint density at radius 3 is 2.81 bits per heavy atom. The molecule has 3 heterocycles. The summed E-state index contributed by atoms with van der Waals surface area (Å²) in [7, 11) is 1.92.